The number of aryl methyl sites for hydroxylation is 1. The number of hydrogen-bond donors (Lipinski definition) is 6. The van der Waals surface area contributed by atoms with Crippen LogP contribution in [0.5, 0.6) is 5.75 Å². The zero-order valence-corrected chi connectivity index (χ0v) is 42.0. The molecule has 5 aromatic rings. The number of aromatic nitrogens is 9. The Balaban J connectivity index is 1.00. The summed E-state index contributed by atoms with van der Waals surface area (Å²) in [5, 5.41) is 60.1. The fourth-order valence-corrected chi connectivity index (χ4v) is 9.69. The molecule has 25 heteroatoms. The summed E-state index contributed by atoms with van der Waals surface area (Å²) in [6.45, 7) is 6.90. The van der Waals surface area contributed by atoms with E-state index in [0.717, 1.165) is 0 Å². The number of carboxylic acids is 2. The molecular formula is C51H59N15O10. The van der Waals surface area contributed by atoms with Gasteiger partial charge in [-0.1, -0.05) is 30.3 Å². The summed E-state index contributed by atoms with van der Waals surface area (Å²) in [7, 11) is 0. The molecule has 4 aliphatic rings. The number of carbonyl (C=O) groups excluding carboxylic acids is 2. The Hall–Kier alpha value is -8.58. The van der Waals surface area contributed by atoms with Crippen molar-refractivity contribution < 1.29 is 44.0 Å². The van der Waals surface area contributed by atoms with Crippen LogP contribution in [0.15, 0.2) is 76.2 Å². The zero-order valence-electron chi connectivity index (χ0n) is 42.0. The van der Waals surface area contributed by atoms with Gasteiger partial charge in [0.25, 0.3) is 0 Å². The normalized spacial score (nSPS) is 14.9. The Labute approximate surface area is 434 Å². The van der Waals surface area contributed by atoms with E-state index in [1.807, 2.05) is 23.6 Å². The molecule has 2 aromatic carbocycles. The lowest BCUT2D eigenvalue weighted by molar-refractivity contribution is -0.137. The number of aliphatic carboxylic acids is 1. The monoisotopic (exact) mass is 1040 g/mol. The maximum absolute atomic E-state index is 14.3. The molecule has 76 heavy (non-hydrogen) atoms. The maximum Gasteiger partial charge on any atom is 0.336 e. The van der Waals surface area contributed by atoms with Gasteiger partial charge in [-0.05, 0) is 73.7 Å². The number of nitrogens with one attached hydrogen (secondary N) is 1. The molecule has 0 saturated carbocycles. The fraction of sp³-hybridized carbons (Fsp3) is 0.412. The largest absolute Gasteiger partial charge is 0.508 e. The Morgan fingerprint density at radius 1 is 0.750 bits per heavy atom. The van der Waals surface area contributed by atoms with Crippen LogP contribution in [0.25, 0.3) is 33.4 Å². The quantitative estimate of drug-likeness (QED) is 0.0471. The van der Waals surface area contributed by atoms with Crippen LogP contribution >= 0.6 is 0 Å². The Morgan fingerprint density at radius 2 is 1.39 bits per heavy atom. The van der Waals surface area contributed by atoms with Gasteiger partial charge in [0.2, 0.25) is 29.7 Å². The highest BCUT2D eigenvalue weighted by atomic mass is 16.4. The molecule has 25 nitrogen and oxygen atoms in total. The number of phenols is 1. The number of fused-ring (bicyclic) bond motifs is 2. The molecule has 2 amide bonds. The van der Waals surface area contributed by atoms with Crippen LogP contribution in [0.1, 0.15) is 73.4 Å². The second-order valence-corrected chi connectivity index (χ2v) is 19.1. The number of benzene rings is 3. The molecule has 0 spiro atoms. The first kappa shape index (κ1) is 52.3. The molecule has 3 aliphatic heterocycles. The van der Waals surface area contributed by atoms with E-state index in [9.17, 15) is 44.4 Å². The number of carbonyl (C=O) groups is 4. The number of rotatable bonds is 20. The van der Waals surface area contributed by atoms with E-state index in [0.29, 0.717) is 136 Å². The number of nitrogens with two attached hydrogens (primary N) is 1. The minimum atomic E-state index is -1.24. The number of anilines is 4. The van der Waals surface area contributed by atoms with E-state index in [-0.39, 0.29) is 71.2 Å². The third-order valence-corrected chi connectivity index (χ3v) is 13.6. The highest BCUT2D eigenvalue weighted by Crippen LogP contribution is 2.43. The van der Waals surface area contributed by atoms with E-state index in [4.69, 9.17) is 25.1 Å². The van der Waals surface area contributed by atoms with Crippen molar-refractivity contribution in [1.82, 2.24) is 54.7 Å². The summed E-state index contributed by atoms with van der Waals surface area (Å²) >= 11 is 0. The number of amides is 2. The first-order valence-electron chi connectivity index (χ1n) is 25.2. The third kappa shape index (κ3) is 11.5. The molecule has 7 N–H and O–H groups in total. The number of nitrogens with zero attached hydrogens (tertiary/aromatic N) is 13. The van der Waals surface area contributed by atoms with Gasteiger partial charge in [0.05, 0.1) is 23.4 Å². The summed E-state index contributed by atoms with van der Waals surface area (Å²) in [6, 6.07) is 12.2. The number of carboxylic acid groups (broad SMARTS) is 2. The maximum atomic E-state index is 14.3. The van der Waals surface area contributed by atoms with Gasteiger partial charge in [-0.25, -0.2) is 14.2 Å². The van der Waals surface area contributed by atoms with Crippen LogP contribution in [0.2, 0.25) is 0 Å². The van der Waals surface area contributed by atoms with Crippen LogP contribution in [0, 0.1) is 5.92 Å². The van der Waals surface area contributed by atoms with Crippen molar-refractivity contribution in [2.45, 2.75) is 64.5 Å². The summed E-state index contributed by atoms with van der Waals surface area (Å²) in [5.74, 6) is -1.77. The number of aromatic carboxylic acids is 1. The number of piperazine rings is 2. The molecule has 2 fully saturated rings. The third-order valence-electron chi connectivity index (χ3n) is 13.6. The van der Waals surface area contributed by atoms with Crippen molar-refractivity contribution >= 4 is 58.3 Å². The molecule has 2 saturated heterocycles. The molecule has 9 rings (SSSR count). The molecule has 0 unspecified atom stereocenters. The molecule has 398 valence electrons. The van der Waals surface area contributed by atoms with Crippen LogP contribution in [0.4, 0.5) is 23.5 Å². The first-order valence-corrected chi connectivity index (χ1v) is 25.2. The minimum Gasteiger partial charge on any atom is -0.508 e. The number of hydrogen-bond acceptors (Lipinski definition) is 19. The van der Waals surface area contributed by atoms with Crippen LogP contribution in [-0.2, 0) is 27.2 Å². The van der Waals surface area contributed by atoms with Gasteiger partial charge in [-0.2, -0.15) is 15.0 Å². The molecule has 1 aliphatic carbocycles. The van der Waals surface area contributed by atoms with E-state index in [1.165, 1.54) is 35.0 Å². The number of aliphatic hydroxyl groups excluding tert-OH is 1. The van der Waals surface area contributed by atoms with Gasteiger partial charge >= 0.3 is 11.9 Å². The lowest BCUT2D eigenvalue weighted by Crippen LogP contribution is -2.52. The van der Waals surface area contributed by atoms with Gasteiger partial charge in [-0.3, -0.25) is 19.2 Å². The molecular weight excluding hydrogens is 983 g/mol. The molecule has 2 atom stereocenters. The predicted molar refractivity (Wildman–Crippen MR) is 276 cm³/mol. The summed E-state index contributed by atoms with van der Waals surface area (Å²) in [5.41, 5.74) is 8.33. The average Bonchev–Trinajstić information content (AvgIpc) is 4.08. The van der Waals surface area contributed by atoms with Crippen molar-refractivity contribution in [2.24, 2.45) is 11.7 Å². The second-order valence-electron chi connectivity index (χ2n) is 19.1. The lowest BCUT2D eigenvalue weighted by Gasteiger charge is -2.38. The molecule has 3 aromatic heterocycles. The Kier molecular flexibility index (Phi) is 15.8. The van der Waals surface area contributed by atoms with Crippen LogP contribution < -0.4 is 26.3 Å². The van der Waals surface area contributed by atoms with E-state index in [1.54, 1.807) is 51.1 Å². The second kappa shape index (κ2) is 22.9. The first-order chi connectivity index (χ1) is 36.7. The highest BCUT2D eigenvalue weighted by Gasteiger charge is 2.34. The highest BCUT2D eigenvalue weighted by molar-refractivity contribution is 6.08. The van der Waals surface area contributed by atoms with Crippen molar-refractivity contribution in [3.05, 3.63) is 94.2 Å². The molecule has 0 radical (unpaired) electrons. The van der Waals surface area contributed by atoms with E-state index < -0.39 is 24.0 Å². The summed E-state index contributed by atoms with van der Waals surface area (Å²) < 4.78 is 9.08. The van der Waals surface area contributed by atoms with E-state index >= 15 is 0 Å². The van der Waals surface area contributed by atoms with Crippen molar-refractivity contribution in [3.63, 3.8) is 0 Å². The summed E-state index contributed by atoms with van der Waals surface area (Å²) in [6.07, 6.45) is 5.51. The predicted octanol–water partition coefficient (Wildman–Crippen LogP) is 3.20. The fourth-order valence-electron chi connectivity index (χ4n) is 9.69. The Morgan fingerprint density at radius 3 is 2.04 bits per heavy atom. The van der Waals surface area contributed by atoms with Gasteiger partial charge in [0.15, 0.2) is 5.43 Å². The van der Waals surface area contributed by atoms with Crippen molar-refractivity contribution in [2.75, 3.05) is 80.6 Å². The summed E-state index contributed by atoms with van der Waals surface area (Å²) in [4.78, 5) is 87.2. The standard InChI is InChI=1S/C51H59N15O10/c1-30(2)45(66-29-33(14-24-67)58-60-66)47(73)62-18-22-64(23-19-62)51-55-49(53-31-6-10-36(39(25-31)48(74)75)44-37-11-8-34(68)26-41(37)76-42-27-35(69)9-12-38(42)44)54-50(56-51)63-20-16-61(17-21-63)46(72)40(5-3-4-15-52)65-28-32(57-59-65)7-13-43(70)71/h6,8-12,25-30,40,45,67-68H,3-5,7,13-24,52H2,1-2H3,(H,70,71)(H,74,75)(H,53,54,55,56)/t40-,45-/m0/s1. The van der Waals surface area contributed by atoms with E-state index in [2.05, 4.69) is 25.9 Å². The van der Waals surface area contributed by atoms with Crippen LogP contribution in [-0.4, -0.2) is 164 Å². The smallest absolute Gasteiger partial charge is 0.336 e. The SMILES string of the molecule is CC(C)[C@@H](C(=O)N1CCN(c2nc(Nc3ccc(-c4c5ccc(=O)cc-5oc5cc(O)ccc45)c(C(=O)O)c3)nc(N3CCN(C(=O)[C@H](CCCCN)n4cc(CCC(=O)O)nn4)CC3)n2)CC1)n1cc(CCO)nn1. The number of aliphatic hydroxyl groups is 1. The minimum absolute atomic E-state index is 0.0756. The lowest BCUT2D eigenvalue weighted by atomic mass is 9.90. The number of aromatic hydroxyl groups is 1. The van der Waals surface area contributed by atoms with Crippen molar-refractivity contribution in [1.29, 1.82) is 0 Å². The number of unbranched alkanes of at least 4 members (excludes halogenated alkanes) is 1. The van der Waals surface area contributed by atoms with Gasteiger partial charge < -0.3 is 55.5 Å². The van der Waals surface area contributed by atoms with Crippen molar-refractivity contribution in [3.8, 4) is 28.2 Å². The average molecular weight is 1040 g/mol. The molecule has 0 bridgehead atoms. The van der Waals surface area contributed by atoms with Gasteiger partial charge in [-0.15, -0.1) is 10.2 Å². The number of phenolic OH excluding ortho intramolecular Hbond substituents is 1. The van der Waals surface area contributed by atoms with Crippen LogP contribution in [0.3, 0.4) is 0 Å². The Bertz CT molecular complexity index is 3270. The molecule has 6 heterocycles. The van der Waals surface area contributed by atoms with Gasteiger partial charge in [0, 0.05) is 119 Å². The van der Waals surface area contributed by atoms with Gasteiger partial charge in [0.1, 0.15) is 29.2 Å². The zero-order chi connectivity index (χ0) is 53.6. The topological polar surface area (TPSA) is 331 Å².